The Kier molecular flexibility index (Phi) is 4.12. The van der Waals surface area contributed by atoms with Crippen LogP contribution in [0.5, 0.6) is 5.75 Å². The maximum absolute atomic E-state index is 11.4. The molecule has 0 aliphatic heterocycles. The van der Waals surface area contributed by atoms with Crippen molar-refractivity contribution in [2.45, 2.75) is 25.4 Å². The van der Waals surface area contributed by atoms with E-state index in [0.717, 1.165) is 5.56 Å². The van der Waals surface area contributed by atoms with Gasteiger partial charge in [0.1, 0.15) is 5.75 Å². The number of carbonyl (C=O) groups is 1. The summed E-state index contributed by atoms with van der Waals surface area (Å²) >= 11 is 0. The summed E-state index contributed by atoms with van der Waals surface area (Å²) in [6.07, 6.45) is -1.21. The van der Waals surface area contributed by atoms with Crippen LogP contribution < -0.4 is 4.74 Å². The molecule has 4 heteroatoms. The Morgan fingerprint density at radius 3 is 2.53 bits per heavy atom. The third-order valence-corrected chi connectivity index (χ3v) is 2.92. The van der Waals surface area contributed by atoms with Gasteiger partial charge in [-0.2, -0.15) is 0 Å². The highest BCUT2D eigenvalue weighted by atomic mass is 16.5. The van der Waals surface area contributed by atoms with E-state index in [9.17, 15) is 9.90 Å². The van der Waals surface area contributed by atoms with Crippen LogP contribution in [0.3, 0.4) is 0 Å². The molecule has 1 rings (SSSR count). The SMILES string of the molecule is COC(=O)C(O)C(C)(C)c1cccc(OC)c1. The normalized spacial score (nSPS) is 13.0. The fourth-order valence-corrected chi connectivity index (χ4v) is 1.59. The van der Waals surface area contributed by atoms with Crippen LogP contribution in [0.2, 0.25) is 0 Å². The van der Waals surface area contributed by atoms with Gasteiger partial charge >= 0.3 is 5.97 Å². The van der Waals surface area contributed by atoms with E-state index in [-0.39, 0.29) is 0 Å². The third-order valence-electron chi connectivity index (χ3n) is 2.92. The third kappa shape index (κ3) is 2.77. The van der Waals surface area contributed by atoms with Crippen LogP contribution in [0, 0.1) is 0 Å². The van der Waals surface area contributed by atoms with Crippen LogP contribution in [0.4, 0.5) is 0 Å². The topological polar surface area (TPSA) is 55.8 Å². The van der Waals surface area contributed by atoms with E-state index in [2.05, 4.69) is 4.74 Å². The molecule has 1 aromatic rings. The van der Waals surface area contributed by atoms with Gasteiger partial charge in [0.25, 0.3) is 0 Å². The highest BCUT2D eigenvalue weighted by molar-refractivity contribution is 5.76. The molecule has 4 nitrogen and oxygen atoms in total. The van der Waals surface area contributed by atoms with Crippen molar-refractivity contribution in [2.75, 3.05) is 14.2 Å². The number of methoxy groups -OCH3 is 2. The summed E-state index contributed by atoms with van der Waals surface area (Å²) in [5, 5.41) is 9.95. The van der Waals surface area contributed by atoms with Crippen molar-refractivity contribution < 1.29 is 19.4 Å². The zero-order chi connectivity index (χ0) is 13.1. The number of ether oxygens (including phenoxy) is 2. The maximum Gasteiger partial charge on any atom is 0.335 e. The zero-order valence-electron chi connectivity index (χ0n) is 10.6. The van der Waals surface area contributed by atoms with Crippen LogP contribution in [0.25, 0.3) is 0 Å². The summed E-state index contributed by atoms with van der Waals surface area (Å²) in [6.45, 7) is 3.56. The molecule has 1 N–H and O–H groups in total. The molecule has 0 fully saturated rings. The molecule has 0 radical (unpaired) electrons. The predicted octanol–water partition coefficient (Wildman–Crippen LogP) is 1.51. The number of aliphatic hydroxyl groups excluding tert-OH is 1. The molecular formula is C13H18O4. The van der Waals surface area contributed by atoms with Crippen molar-refractivity contribution in [1.82, 2.24) is 0 Å². The van der Waals surface area contributed by atoms with Gasteiger partial charge in [0.05, 0.1) is 14.2 Å². The Labute approximate surface area is 101 Å². The van der Waals surface area contributed by atoms with Crippen molar-refractivity contribution in [2.24, 2.45) is 0 Å². The Bertz CT molecular complexity index is 398. The van der Waals surface area contributed by atoms with Gasteiger partial charge in [-0.25, -0.2) is 4.79 Å². The number of benzene rings is 1. The van der Waals surface area contributed by atoms with E-state index in [0.29, 0.717) is 5.75 Å². The van der Waals surface area contributed by atoms with Gasteiger partial charge in [0.2, 0.25) is 0 Å². The first-order chi connectivity index (χ1) is 7.93. The standard InChI is InChI=1S/C13H18O4/c1-13(2,11(14)12(15)17-4)9-6-5-7-10(8-9)16-3/h5-8,11,14H,1-4H3. The van der Waals surface area contributed by atoms with Gasteiger partial charge in [-0.05, 0) is 17.7 Å². The molecule has 0 saturated heterocycles. The fourth-order valence-electron chi connectivity index (χ4n) is 1.59. The van der Waals surface area contributed by atoms with E-state index >= 15 is 0 Å². The first-order valence-corrected chi connectivity index (χ1v) is 5.34. The van der Waals surface area contributed by atoms with Crippen molar-refractivity contribution in [3.63, 3.8) is 0 Å². The molecule has 1 unspecified atom stereocenters. The van der Waals surface area contributed by atoms with Crippen LogP contribution in [0.1, 0.15) is 19.4 Å². The summed E-state index contributed by atoms with van der Waals surface area (Å²) in [4.78, 5) is 11.4. The molecule has 0 saturated carbocycles. The first-order valence-electron chi connectivity index (χ1n) is 5.34. The lowest BCUT2D eigenvalue weighted by atomic mass is 9.79. The number of carbonyl (C=O) groups excluding carboxylic acids is 1. The lowest BCUT2D eigenvalue weighted by Gasteiger charge is -2.29. The zero-order valence-corrected chi connectivity index (χ0v) is 10.6. The summed E-state index contributed by atoms with van der Waals surface area (Å²) in [6, 6.07) is 7.27. The fraction of sp³-hybridized carbons (Fsp3) is 0.462. The Morgan fingerprint density at radius 2 is 2.00 bits per heavy atom. The molecule has 17 heavy (non-hydrogen) atoms. The summed E-state index contributed by atoms with van der Waals surface area (Å²) < 4.78 is 9.67. The van der Waals surface area contributed by atoms with E-state index < -0.39 is 17.5 Å². The van der Waals surface area contributed by atoms with Crippen LogP contribution >= 0.6 is 0 Å². The maximum atomic E-state index is 11.4. The molecule has 0 aromatic heterocycles. The smallest absolute Gasteiger partial charge is 0.335 e. The second-order valence-corrected chi connectivity index (χ2v) is 4.38. The highest BCUT2D eigenvalue weighted by Gasteiger charge is 2.36. The molecule has 1 atom stereocenters. The highest BCUT2D eigenvalue weighted by Crippen LogP contribution is 2.30. The van der Waals surface area contributed by atoms with E-state index in [1.54, 1.807) is 27.0 Å². The van der Waals surface area contributed by atoms with Gasteiger partial charge in [-0.3, -0.25) is 0 Å². The van der Waals surface area contributed by atoms with Crippen molar-refractivity contribution in [1.29, 1.82) is 0 Å². The van der Waals surface area contributed by atoms with Gasteiger partial charge in [-0.15, -0.1) is 0 Å². The number of hydrogen-bond acceptors (Lipinski definition) is 4. The van der Waals surface area contributed by atoms with Crippen molar-refractivity contribution in [3.8, 4) is 5.75 Å². The van der Waals surface area contributed by atoms with Crippen molar-refractivity contribution >= 4 is 5.97 Å². The first kappa shape index (κ1) is 13.5. The lowest BCUT2D eigenvalue weighted by Crippen LogP contribution is -2.40. The van der Waals surface area contributed by atoms with Gasteiger partial charge in [-0.1, -0.05) is 26.0 Å². The molecule has 0 heterocycles. The summed E-state index contributed by atoms with van der Waals surface area (Å²) in [7, 11) is 2.83. The second kappa shape index (κ2) is 5.19. The minimum Gasteiger partial charge on any atom is -0.497 e. The van der Waals surface area contributed by atoms with E-state index in [4.69, 9.17) is 4.74 Å². The molecule has 0 aliphatic rings. The van der Waals surface area contributed by atoms with Crippen LogP contribution in [0.15, 0.2) is 24.3 Å². The van der Waals surface area contributed by atoms with E-state index in [1.165, 1.54) is 7.11 Å². The molecule has 94 valence electrons. The Hall–Kier alpha value is -1.55. The number of rotatable bonds is 4. The molecule has 0 spiro atoms. The average Bonchev–Trinajstić information content (AvgIpc) is 2.36. The molecule has 0 aliphatic carbocycles. The largest absolute Gasteiger partial charge is 0.497 e. The molecular weight excluding hydrogens is 220 g/mol. The van der Waals surface area contributed by atoms with Gasteiger partial charge in [0, 0.05) is 5.41 Å². The Balaban J connectivity index is 3.06. The van der Waals surface area contributed by atoms with Crippen LogP contribution in [-0.2, 0) is 14.9 Å². The molecule has 0 amide bonds. The predicted molar refractivity (Wildman–Crippen MR) is 64.0 cm³/mol. The quantitative estimate of drug-likeness (QED) is 0.808. The minimum atomic E-state index is -1.21. The summed E-state index contributed by atoms with van der Waals surface area (Å²) in [5.74, 6) is 0.0467. The molecule has 0 bridgehead atoms. The number of esters is 1. The monoisotopic (exact) mass is 238 g/mol. The second-order valence-electron chi connectivity index (χ2n) is 4.38. The summed E-state index contributed by atoms with van der Waals surface area (Å²) in [5.41, 5.74) is 0.0801. The van der Waals surface area contributed by atoms with Crippen molar-refractivity contribution in [3.05, 3.63) is 29.8 Å². The number of aliphatic hydroxyl groups is 1. The number of hydrogen-bond donors (Lipinski definition) is 1. The Morgan fingerprint density at radius 1 is 1.35 bits per heavy atom. The van der Waals surface area contributed by atoms with E-state index in [1.807, 2.05) is 18.2 Å². The van der Waals surface area contributed by atoms with Crippen LogP contribution in [-0.4, -0.2) is 31.4 Å². The average molecular weight is 238 g/mol. The van der Waals surface area contributed by atoms with Gasteiger partial charge < -0.3 is 14.6 Å². The lowest BCUT2D eigenvalue weighted by molar-refractivity contribution is -0.153. The molecule has 1 aromatic carbocycles. The van der Waals surface area contributed by atoms with Gasteiger partial charge in [0.15, 0.2) is 6.10 Å². The minimum absolute atomic E-state index is 0.641.